The average molecular weight is 485 g/mol. The van der Waals surface area contributed by atoms with Gasteiger partial charge in [0, 0.05) is 17.5 Å². The predicted octanol–water partition coefficient (Wildman–Crippen LogP) is 4.48. The largest absolute Gasteiger partial charge is 0.342 e. The quantitative estimate of drug-likeness (QED) is 0.325. The SMILES string of the molecule is C=CCn1c(SC(C)C(=O)Nc2nc(C)cs2)nnc1C(NC(=O)c1ccccc1)C(C)C. The highest BCUT2D eigenvalue weighted by atomic mass is 32.2. The summed E-state index contributed by atoms with van der Waals surface area (Å²) in [5.74, 6) is 0.349. The second kappa shape index (κ2) is 11.2. The Bertz CT molecular complexity index is 1110. The van der Waals surface area contributed by atoms with Gasteiger partial charge in [0.25, 0.3) is 5.91 Å². The van der Waals surface area contributed by atoms with Gasteiger partial charge in [-0.25, -0.2) is 4.98 Å². The maximum atomic E-state index is 12.8. The number of carbonyl (C=O) groups is 2. The molecule has 2 unspecified atom stereocenters. The normalized spacial score (nSPS) is 12.9. The maximum Gasteiger partial charge on any atom is 0.251 e. The molecule has 3 aromatic rings. The molecule has 0 fully saturated rings. The Kier molecular flexibility index (Phi) is 8.40. The molecule has 2 aromatic heterocycles. The van der Waals surface area contributed by atoms with Crippen molar-refractivity contribution >= 4 is 40.0 Å². The van der Waals surface area contributed by atoms with E-state index in [4.69, 9.17) is 0 Å². The number of hydrogen-bond acceptors (Lipinski definition) is 7. The second-order valence-electron chi connectivity index (χ2n) is 7.84. The lowest BCUT2D eigenvalue weighted by molar-refractivity contribution is -0.115. The summed E-state index contributed by atoms with van der Waals surface area (Å²) in [5.41, 5.74) is 1.44. The molecule has 2 heterocycles. The van der Waals surface area contributed by atoms with Crippen molar-refractivity contribution in [3.63, 3.8) is 0 Å². The maximum absolute atomic E-state index is 12.8. The highest BCUT2D eigenvalue weighted by Crippen LogP contribution is 2.28. The van der Waals surface area contributed by atoms with Crippen LogP contribution in [-0.4, -0.2) is 36.8 Å². The molecular formula is C23H28N6O2S2. The number of aromatic nitrogens is 4. The van der Waals surface area contributed by atoms with Gasteiger partial charge in [0.1, 0.15) is 0 Å². The van der Waals surface area contributed by atoms with Crippen molar-refractivity contribution in [1.82, 2.24) is 25.1 Å². The third kappa shape index (κ3) is 6.29. The van der Waals surface area contributed by atoms with Gasteiger partial charge in [-0.1, -0.05) is 49.9 Å². The minimum atomic E-state index is -0.425. The number of thioether (sulfide) groups is 1. The van der Waals surface area contributed by atoms with E-state index in [1.165, 1.54) is 23.1 Å². The minimum Gasteiger partial charge on any atom is -0.342 e. The molecular weight excluding hydrogens is 456 g/mol. The number of nitrogens with one attached hydrogen (secondary N) is 2. The standard InChI is InChI=1S/C23H28N6O2S2/c1-6-12-29-19(18(14(2)3)25-21(31)17-10-8-7-9-11-17)27-28-23(29)33-16(5)20(30)26-22-24-15(4)13-32-22/h6-11,13-14,16,18H,1,12H2,2-5H3,(H,25,31)(H,24,26,30). The Labute approximate surface area is 201 Å². The first-order chi connectivity index (χ1) is 15.8. The number of benzene rings is 1. The van der Waals surface area contributed by atoms with Crippen molar-refractivity contribution in [2.75, 3.05) is 5.32 Å². The van der Waals surface area contributed by atoms with Gasteiger partial charge in [-0.15, -0.1) is 28.1 Å². The van der Waals surface area contributed by atoms with Crippen molar-refractivity contribution in [2.45, 2.75) is 50.7 Å². The van der Waals surface area contributed by atoms with Gasteiger partial charge in [-0.3, -0.25) is 9.59 Å². The fraction of sp³-hybridized carbons (Fsp3) is 0.348. The molecule has 0 aliphatic rings. The van der Waals surface area contributed by atoms with Crippen LogP contribution in [0.25, 0.3) is 0 Å². The molecule has 174 valence electrons. The summed E-state index contributed by atoms with van der Waals surface area (Å²) in [7, 11) is 0. The summed E-state index contributed by atoms with van der Waals surface area (Å²) < 4.78 is 1.89. The van der Waals surface area contributed by atoms with Gasteiger partial charge in [0.05, 0.1) is 17.0 Å². The first-order valence-electron chi connectivity index (χ1n) is 10.6. The summed E-state index contributed by atoms with van der Waals surface area (Å²) in [6.07, 6.45) is 1.75. The number of rotatable bonds is 10. The van der Waals surface area contributed by atoms with Gasteiger partial charge >= 0.3 is 0 Å². The fourth-order valence-corrected chi connectivity index (χ4v) is 4.65. The molecule has 0 saturated carbocycles. The number of aryl methyl sites for hydroxylation is 1. The summed E-state index contributed by atoms with van der Waals surface area (Å²) in [6.45, 7) is 12.0. The van der Waals surface area contributed by atoms with E-state index in [1.54, 1.807) is 18.2 Å². The van der Waals surface area contributed by atoms with Crippen LogP contribution in [0.4, 0.5) is 5.13 Å². The average Bonchev–Trinajstić information content (AvgIpc) is 3.38. The lowest BCUT2D eigenvalue weighted by Crippen LogP contribution is -2.34. The van der Waals surface area contributed by atoms with E-state index in [-0.39, 0.29) is 23.8 Å². The van der Waals surface area contributed by atoms with E-state index in [2.05, 4.69) is 32.4 Å². The molecule has 0 aliphatic heterocycles. The minimum absolute atomic E-state index is 0.0668. The summed E-state index contributed by atoms with van der Waals surface area (Å²) >= 11 is 2.69. The van der Waals surface area contributed by atoms with Crippen LogP contribution >= 0.6 is 23.1 Å². The van der Waals surface area contributed by atoms with Gasteiger partial charge in [-0.2, -0.15) is 0 Å². The highest BCUT2D eigenvalue weighted by Gasteiger charge is 2.27. The number of anilines is 1. The highest BCUT2D eigenvalue weighted by molar-refractivity contribution is 8.00. The lowest BCUT2D eigenvalue weighted by atomic mass is 10.0. The van der Waals surface area contributed by atoms with Crippen molar-refractivity contribution in [3.05, 3.63) is 65.4 Å². The lowest BCUT2D eigenvalue weighted by Gasteiger charge is -2.23. The first kappa shape index (κ1) is 24.7. The van der Waals surface area contributed by atoms with Crippen LogP contribution in [0.15, 0.2) is 53.5 Å². The van der Waals surface area contributed by atoms with E-state index >= 15 is 0 Å². The van der Waals surface area contributed by atoms with E-state index in [1.807, 2.05) is 55.8 Å². The van der Waals surface area contributed by atoms with Crippen molar-refractivity contribution in [3.8, 4) is 0 Å². The molecule has 10 heteroatoms. The van der Waals surface area contributed by atoms with Crippen LogP contribution in [0.1, 0.15) is 48.7 Å². The van der Waals surface area contributed by atoms with Crippen LogP contribution in [-0.2, 0) is 11.3 Å². The number of amides is 2. The Morgan fingerprint density at radius 2 is 1.94 bits per heavy atom. The van der Waals surface area contributed by atoms with E-state index < -0.39 is 5.25 Å². The molecule has 0 bridgehead atoms. The third-order valence-corrected chi connectivity index (χ3v) is 6.78. The van der Waals surface area contributed by atoms with Gasteiger partial charge < -0.3 is 15.2 Å². The van der Waals surface area contributed by atoms with Crippen LogP contribution in [0.5, 0.6) is 0 Å². The Hall–Kier alpha value is -2.98. The number of thiazole rings is 1. The molecule has 3 rings (SSSR count). The van der Waals surface area contributed by atoms with Crippen molar-refractivity contribution in [2.24, 2.45) is 5.92 Å². The Morgan fingerprint density at radius 1 is 1.21 bits per heavy atom. The molecule has 2 amide bonds. The number of hydrogen-bond donors (Lipinski definition) is 2. The molecule has 8 nitrogen and oxygen atoms in total. The number of nitrogens with zero attached hydrogens (tertiary/aromatic N) is 4. The molecule has 2 atom stereocenters. The zero-order valence-corrected chi connectivity index (χ0v) is 20.7. The molecule has 0 spiro atoms. The van der Waals surface area contributed by atoms with Gasteiger partial charge in [0.2, 0.25) is 5.91 Å². The van der Waals surface area contributed by atoms with Gasteiger partial charge in [0.15, 0.2) is 16.1 Å². The monoisotopic (exact) mass is 484 g/mol. The molecule has 1 aromatic carbocycles. The zero-order valence-electron chi connectivity index (χ0n) is 19.1. The summed E-state index contributed by atoms with van der Waals surface area (Å²) in [6, 6.07) is 8.70. The smallest absolute Gasteiger partial charge is 0.251 e. The molecule has 33 heavy (non-hydrogen) atoms. The first-order valence-corrected chi connectivity index (χ1v) is 12.4. The van der Waals surface area contributed by atoms with Crippen LogP contribution < -0.4 is 10.6 Å². The third-order valence-electron chi connectivity index (χ3n) is 4.83. The van der Waals surface area contributed by atoms with Crippen LogP contribution in [0.2, 0.25) is 0 Å². The van der Waals surface area contributed by atoms with Crippen molar-refractivity contribution in [1.29, 1.82) is 0 Å². The van der Waals surface area contributed by atoms with E-state index in [0.29, 0.717) is 28.2 Å². The Balaban J connectivity index is 1.79. The second-order valence-corrected chi connectivity index (χ2v) is 10.0. The number of allylic oxidation sites excluding steroid dienone is 1. The predicted molar refractivity (Wildman–Crippen MR) is 133 cm³/mol. The topological polar surface area (TPSA) is 102 Å². The Morgan fingerprint density at radius 3 is 2.55 bits per heavy atom. The summed E-state index contributed by atoms with van der Waals surface area (Å²) in [4.78, 5) is 29.7. The van der Waals surface area contributed by atoms with Gasteiger partial charge in [-0.05, 0) is 31.9 Å². The molecule has 2 N–H and O–H groups in total. The summed E-state index contributed by atoms with van der Waals surface area (Å²) in [5, 5.41) is 17.3. The van der Waals surface area contributed by atoms with E-state index in [0.717, 1.165) is 5.69 Å². The van der Waals surface area contributed by atoms with Crippen LogP contribution in [0, 0.1) is 12.8 Å². The fourth-order valence-electron chi connectivity index (χ4n) is 3.09. The zero-order chi connectivity index (χ0) is 24.0. The molecule has 0 aliphatic carbocycles. The van der Waals surface area contributed by atoms with E-state index in [9.17, 15) is 9.59 Å². The van der Waals surface area contributed by atoms with Crippen LogP contribution in [0.3, 0.4) is 0 Å². The number of carbonyl (C=O) groups excluding carboxylic acids is 2. The molecule has 0 radical (unpaired) electrons. The van der Waals surface area contributed by atoms with Crippen molar-refractivity contribution < 1.29 is 9.59 Å². The molecule has 0 saturated heterocycles.